The molecule has 6 heteroatoms. The van der Waals surface area contributed by atoms with E-state index in [1.807, 2.05) is 36.4 Å². The Hall–Kier alpha value is -1.46. The van der Waals surface area contributed by atoms with Crippen molar-refractivity contribution in [3.8, 4) is 5.75 Å². The van der Waals surface area contributed by atoms with E-state index in [-0.39, 0.29) is 0 Å². The number of hydrogen-bond donors (Lipinski definition) is 3. The smallest absolute Gasteiger partial charge is 0.176 e. The fraction of sp³-hybridized carbons (Fsp3) is 0.294. The third-order valence-corrected chi connectivity index (χ3v) is 3.71. The summed E-state index contributed by atoms with van der Waals surface area (Å²) in [6.07, 6.45) is -1.13. The quantitative estimate of drug-likeness (QED) is 0.498. The molecule has 3 N–H and O–H groups in total. The minimum Gasteiger partial charge on any atom is -0.473 e. The number of rotatable bonds is 8. The van der Waals surface area contributed by atoms with Crippen molar-refractivity contribution in [3.63, 3.8) is 0 Å². The average molecular weight is 355 g/mol. The van der Waals surface area contributed by atoms with E-state index in [1.165, 1.54) is 0 Å². The zero-order valence-corrected chi connectivity index (χ0v) is 14.3. The van der Waals surface area contributed by atoms with E-state index in [4.69, 9.17) is 27.9 Å². The summed E-state index contributed by atoms with van der Waals surface area (Å²) in [5.41, 5.74) is 0.815. The molecule has 0 amide bonds. The molecular weight excluding hydrogens is 335 g/mol. The van der Waals surface area contributed by atoms with Crippen molar-refractivity contribution in [1.29, 1.82) is 0 Å². The lowest BCUT2D eigenvalue weighted by Crippen LogP contribution is -2.44. The first kappa shape index (κ1) is 17.9. The van der Waals surface area contributed by atoms with Crippen molar-refractivity contribution >= 4 is 28.9 Å². The number of ether oxygens (including phenoxy) is 1. The lowest BCUT2D eigenvalue weighted by atomic mass is 10.3. The Kier molecular flexibility index (Phi) is 6.99. The van der Waals surface area contributed by atoms with Crippen molar-refractivity contribution in [2.75, 3.05) is 18.4 Å². The predicted molar refractivity (Wildman–Crippen MR) is 95.5 cm³/mol. The third kappa shape index (κ3) is 5.92. The second kappa shape index (κ2) is 8.99. The molecule has 0 aliphatic rings. The molecule has 2 atom stereocenters. The highest BCUT2D eigenvalue weighted by Crippen LogP contribution is 2.24. The van der Waals surface area contributed by atoms with Gasteiger partial charge in [0.05, 0.1) is 10.7 Å². The van der Waals surface area contributed by atoms with Crippen LogP contribution in [-0.4, -0.2) is 30.5 Å². The monoisotopic (exact) mass is 354 g/mol. The van der Waals surface area contributed by atoms with Gasteiger partial charge in [-0.3, -0.25) is 5.32 Å². The highest BCUT2D eigenvalue weighted by molar-refractivity contribution is 6.36. The summed E-state index contributed by atoms with van der Waals surface area (Å²) < 4.78 is 5.74. The second-order valence-electron chi connectivity index (χ2n) is 5.10. The lowest BCUT2D eigenvalue weighted by molar-refractivity contribution is 0.0279. The molecule has 0 aliphatic carbocycles. The summed E-state index contributed by atoms with van der Waals surface area (Å²) >= 11 is 12.0. The zero-order chi connectivity index (χ0) is 16.7. The lowest BCUT2D eigenvalue weighted by Gasteiger charge is -2.23. The van der Waals surface area contributed by atoms with Gasteiger partial charge in [-0.05, 0) is 37.3 Å². The Morgan fingerprint density at radius 3 is 2.48 bits per heavy atom. The SMILES string of the molecule is CC(O)C(NCCNc1ccc(Cl)cc1Cl)Oc1ccccc1. The van der Waals surface area contributed by atoms with Gasteiger partial charge in [0.1, 0.15) is 11.9 Å². The van der Waals surface area contributed by atoms with Gasteiger partial charge in [-0.1, -0.05) is 41.4 Å². The number of para-hydroxylation sites is 1. The minimum absolute atomic E-state index is 0.486. The van der Waals surface area contributed by atoms with Crippen LogP contribution in [-0.2, 0) is 0 Å². The molecule has 2 rings (SSSR count). The van der Waals surface area contributed by atoms with Crippen LogP contribution in [0.4, 0.5) is 5.69 Å². The molecule has 0 radical (unpaired) electrons. The van der Waals surface area contributed by atoms with Crippen molar-refractivity contribution in [1.82, 2.24) is 5.32 Å². The van der Waals surface area contributed by atoms with Gasteiger partial charge in [-0.2, -0.15) is 0 Å². The summed E-state index contributed by atoms with van der Waals surface area (Å²) in [6.45, 7) is 2.91. The Balaban J connectivity index is 1.80. The van der Waals surface area contributed by atoms with E-state index in [9.17, 15) is 5.11 Å². The van der Waals surface area contributed by atoms with Crippen LogP contribution < -0.4 is 15.4 Å². The normalized spacial score (nSPS) is 13.4. The van der Waals surface area contributed by atoms with E-state index in [0.717, 1.165) is 5.69 Å². The molecule has 124 valence electrons. The van der Waals surface area contributed by atoms with Gasteiger partial charge >= 0.3 is 0 Å². The fourth-order valence-corrected chi connectivity index (χ4v) is 2.48. The molecule has 0 bridgehead atoms. The van der Waals surface area contributed by atoms with Crippen LogP contribution in [0.3, 0.4) is 0 Å². The van der Waals surface area contributed by atoms with Crippen LogP contribution in [0, 0.1) is 0 Å². The Morgan fingerprint density at radius 1 is 1.09 bits per heavy atom. The van der Waals surface area contributed by atoms with Crippen LogP contribution in [0.5, 0.6) is 5.75 Å². The zero-order valence-electron chi connectivity index (χ0n) is 12.8. The molecular formula is C17H20Cl2N2O2. The van der Waals surface area contributed by atoms with E-state index in [1.54, 1.807) is 19.1 Å². The molecule has 2 aromatic rings. The summed E-state index contributed by atoms with van der Waals surface area (Å²) in [7, 11) is 0. The van der Waals surface area contributed by atoms with Gasteiger partial charge in [0, 0.05) is 18.1 Å². The standard InChI is InChI=1S/C17H20Cl2N2O2/c1-12(22)17(23-14-5-3-2-4-6-14)21-10-9-20-16-8-7-13(18)11-15(16)19/h2-8,11-12,17,20-22H,9-10H2,1H3. The molecule has 2 unspecified atom stereocenters. The number of halogens is 2. The summed E-state index contributed by atoms with van der Waals surface area (Å²) in [5.74, 6) is 0.708. The molecule has 0 aromatic heterocycles. The first-order valence-electron chi connectivity index (χ1n) is 7.38. The van der Waals surface area contributed by atoms with Crippen LogP contribution in [0.1, 0.15) is 6.92 Å². The molecule has 0 saturated carbocycles. The van der Waals surface area contributed by atoms with E-state index in [2.05, 4.69) is 10.6 Å². The van der Waals surface area contributed by atoms with Gasteiger partial charge in [0.2, 0.25) is 0 Å². The van der Waals surface area contributed by atoms with Crippen molar-refractivity contribution in [2.24, 2.45) is 0 Å². The fourth-order valence-electron chi connectivity index (χ4n) is 2.00. The van der Waals surface area contributed by atoms with Gasteiger partial charge in [-0.15, -0.1) is 0 Å². The van der Waals surface area contributed by atoms with Crippen LogP contribution in [0.15, 0.2) is 48.5 Å². The summed E-state index contributed by atoms with van der Waals surface area (Å²) in [4.78, 5) is 0. The molecule has 0 aliphatic heterocycles. The molecule has 0 spiro atoms. The Bertz CT molecular complexity index is 609. The number of aliphatic hydroxyl groups is 1. The van der Waals surface area contributed by atoms with E-state index in [0.29, 0.717) is 28.9 Å². The van der Waals surface area contributed by atoms with Crippen LogP contribution in [0.25, 0.3) is 0 Å². The highest BCUT2D eigenvalue weighted by Gasteiger charge is 2.15. The predicted octanol–water partition coefficient (Wildman–Crippen LogP) is 3.78. The maximum atomic E-state index is 9.82. The third-order valence-electron chi connectivity index (χ3n) is 3.16. The topological polar surface area (TPSA) is 53.5 Å². The van der Waals surface area contributed by atoms with E-state index >= 15 is 0 Å². The minimum atomic E-state index is -0.644. The molecule has 23 heavy (non-hydrogen) atoms. The van der Waals surface area contributed by atoms with Crippen LogP contribution >= 0.6 is 23.2 Å². The maximum absolute atomic E-state index is 9.82. The molecule has 0 saturated heterocycles. The summed E-state index contributed by atoms with van der Waals surface area (Å²) in [6, 6.07) is 14.7. The molecule has 2 aromatic carbocycles. The number of benzene rings is 2. The van der Waals surface area contributed by atoms with Gasteiger partial charge in [0.25, 0.3) is 0 Å². The number of aliphatic hydroxyl groups excluding tert-OH is 1. The molecule has 0 fully saturated rings. The first-order chi connectivity index (χ1) is 11.1. The number of anilines is 1. The number of nitrogens with one attached hydrogen (secondary N) is 2. The Labute approximate surface area is 146 Å². The van der Waals surface area contributed by atoms with Gasteiger partial charge < -0.3 is 15.2 Å². The first-order valence-corrected chi connectivity index (χ1v) is 8.14. The van der Waals surface area contributed by atoms with Gasteiger partial charge in [0.15, 0.2) is 6.23 Å². The second-order valence-corrected chi connectivity index (χ2v) is 5.94. The molecule has 0 heterocycles. The highest BCUT2D eigenvalue weighted by atomic mass is 35.5. The van der Waals surface area contributed by atoms with Crippen molar-refractivity contribution < 1.29 is 9.84 Å². The van der Waals surface area contributed by atoms with Crippen molar-refractivity contribution in [3.05, 3.63) is 58.6 Å². The molecule has 4 nitrogen and oxygen atoms in total. The number of hydrogen-bond acceptors (Lipinski definition) is 4. The van der Waals surface area contributed by atoms with Gasteiger partial charge in [-0.25, -0.2) is 0 Å². The Morgan fingerprint density at radius 2 is 1.83 bits per heavy atom. The summed E-state index contributed by atoms with van der Waals surface area (Å²) in [5, 5.41) is 17.4. The van der Waals surface area contributed by atoms with Crippen LogP contribution in [0.2, 0.25) is 10.0 Å². The van der Waals surface area contributed by atoms with E-state index < -0.39 is 12.3 Å². The maximum Gasteiger partial charge on any atom is 0.176 e. The van der Waals surface area contributed by atoms with Crippen molar-refractivity contribution in [2.45, 2.75) is 19.3 Å². The largest absolute Gasteiger partial charge is 0.473 e. The average Bonchev–Trinajstić information content (AvgIpc) is 2.52.